The Kier molecular flexibility index (Phi) is 5.30. The maximum atomic E-state index is 12.7. The van der Waals surface area contributed by atoms with Crippen LogP contribution in [0.15, 0.2) is 48.6 Å². The van der Waals surface area contributed by atoms with Gasteiger partial charge in [-0.3, -0.25) is 9.59 Å². The van der Waals surface area contributed by atoms with Crippen LogP contribution in [0.4, 0.5) is 0 Å². The fourth-order valence-corrected chi connectivity index (χ4v) is 7.93. The minimum atomic E-state index is 0.0221. The second kappa shape index (κ2) is 7.90. The van der Waals surface area contributed by atoms with Gasteiger partial charge in [-0.05, 0) is 79.4 Å². The standard InChI is InChI=1S/C28H36N2O2/c1-27-17-15-22-20(10-13-24-28(22,2)18-16-26(32)30(24)3)21(27)11-12-23(27)29-25(31)14-9-19-7-5-4-6-8-19/h4-9,14,16,18,20-24H,10-13,15,17H2,1-3H3,(H,29,31)/t20-,21-,22-,23?,24+,27-,28+/m0/s1. The molecule has 7 atom stereocenters. The fourth-order valence-electron chi connectivity index (χ4n) is 7.93. The van der Waals surface area contributed by atoms with Crippen molar-refractivity contribution in [1.29, 1.82) is 0 Å². The molecule has 3 fully saturated rings. The fraction of sp³-hybridized carbons (Fsp3) is 0.571. The van der Waals surface area contributed by atoms with Crippen molar-refractivity contribution in [2.24, 2.45) is 28.6 Å². The number of fused-ring (bicyclic) bond motifs is 5. The molecule has 0 bridgehead atoms. The average molecular weight is 433 g/mol. The van der Waals surface area contributed by atoms with Crippen LogP contribution in [-0.2, 0) is 9.59 Å². The lowest BCUT2D eigenvalue weighted by Gasteiger charge is -2.60. The second-order valence-electron chi connectivity index (χ2n) is 11.0. The van der Waals surface area contributed by atoms with E-state index in [0.29, 0.717) is 23.8 Å². The summed E-state index contributed by atoms with van der Waals surface area (Å²) in [5.41, 5.74) is 1.29. The summed E-state index contributed by atoms with van der Waals surface area (Å²) < 4.78 is 0. The maximum absolute atomic E-state index is 12.7. The number of carbonyl (C=O) groups is 2. The van der Waals surface area contributed by atoms with Crippen molar-refractivity contribution < 1.29 is 9.59 Å². The van der Waals surface area contributed by atoms with Crippen LogP contribution in [0.3, 0.4) is 0 Å². The average Bonchev–Trinajstić information content (AvgIpc) is 3.12. The number of likely N-dealkylation sites (N-methyl/N-ethyl adjacent to an activating group) is 1. The first kappa shape index (κ1) is 21.5. The van der Waals surface area contributed by atoms with Crippen LogP contribution >= 0.6 is 0 Å². The van der Waals surface area contributed by atoms with Crippen molar-refractivity contribution >= 4 is 17.9 Å². The molecule has 0 radical (unpaired) electrons. The van der Waals surface area contributed by atoms with Crippen molar-refractivity contribution in [1.82, 2.24) is 10.2 Å². The highest BCUT2D eigenvalue weighted by atomic mass is 16.2. The van der Waals surface area contributed by atoms with Gasteiger partial charge in [0.2, 0.25) is 11.8 Å². The van der Waals surface area contributed by atoms with Gasteiger partial charge in [-0.2, -0.15) is 0 Å². The van der Waals surface area contributed by atoms with Crippen molar-refractivity contribution in [2.75, 3.05) is 7.05 Å². The number of hydrogen-bond donors (Lipinski definition) is 1. The maximum Gasteiger partial charge on any atom is 0.246 e. The SMILES string of the molecule is CN1C(=O)C=C[C@]2(C)[C@H]3CC[C@]4(C)C(NC(=O)C=Cc5ccccc5)CC[C@H]4[C@@H]3CC[C@@H]12. The number of hydrogen-bond acceptors (Lipinski definition) is 2. The lowest BCUT2D eigenvalue weighted by atomic mass is 9.48. The number of amides is 2. The Morgan fingerprint density at radius 3 is 2.62 bits per heavy atom. The van der Waals surface area contributed by atoms with Crippen molar-refractivity contribution in [3.63, 3.8) is 0 Å². The van der Waals surface area contributed by atoms with Crippen molar-refractivity contribution in [3.05, 3.63) is 54.1 Å². The van der Waals surface area contributed by atoms with E-state index in [-0.39, 0.29) is 28.7 Å². The summed E-state index contributed by atoms with van der Waals surface area (Å²) in [6.45, 7) is 4.81. The van der Waals surface area contributed by atoms with Crippen LogP contribution in [0.25, 0.3) is 6.08 Å². The first-order valence-corrected chi connectivity index (χ1v) is 12.3. The summed E-state index contributed by atoms with van der Waals surface area (Å²) in [5.74, 6) is 2.13. The van der Waals surface area contributed by atoms with Crippen LogP contribution in [0.1, 0.15) is 57.9 Å². The molecule has 0 spiro atoms. The van der Waals surface area contributed by atoms with Crippen molar-refractivity contribution in [2.45, 2.75) is 64.5 Å². The molecule has 1 heterocycles. The van der Waals surface area contributed by atoms with Gasteiger partial charge in [0.15, 0.2) is 0 Å². The zero-order chi connectivity index (χ0) is 22.5. The normalized spacial score (nSPS) is 40.7. The zero-order valence-corrected chi connectivity index (χ0v) is 19.6. The van der Waals surface area contributed by atoms with E-state index in [4.69, 9.17) is 0 Å². The molecule has 5 rings (SSSR count). The van der Waals surface area contributed by atoms with Crippen LogP contribution in [0, 0.1) is 28.6 Å². The molecular formula is C28H36N2O2. The molecule has 4 aliphatic rings. The molecular weight excluding hydrogens is 396 g/mol. The number of rotatable bonds is 3. The minimum absolute atomic E-state index is 0.0221. The first-order valence-electron chi connectivity index (χ1n) is 12.3. The van der Waals surface area contributed by atoms with Crippen LogP contribution in [0.2, 0.25) is 0 Å². The summed E-state index contributed by atoms with van der Waals surface area (Å²) in [7, 11) is 1.98. The monoisotopic (exact) mass is 432 g/mol. The van der Waals surface area contributed by atoms with E-state index in [1.54, 1.807) is 6.08 Å². The lowest BCUT2D eigenvalue weighted by molar-refractivity contribution is -0.138. The molecule has 1 aromatic rings. The summed E-state index contributed by atoms with van der Waals surface area (Å²) in [6.07, 6.45) is 14.5. The number of nitrogens with one attached hydrogen (secondary N) is 1. The summed E-state index contributed by atoms with van der Waals surface area (Å²) in [6, 6.07) is 10.6. The Balaban J connectivity index is 1.31. The predicted molar refractivity (Wildman–Crippen MR) is 127 cm³/mol. The predicted octanol–water partition coefficient (Wildman–Crippen LogP) is 4.82. The van der Waals surface area contributed by atoms with Gasteiger partial charge in [-0.15, -0.1) is 0 Å². The molecule has 32 heavy (non-hydrogen) atoms. The molecule has 2 amide bonds. The Bertz CT molecular complexity index is 953. The van der Waals surface area contributed by atoms with E-state index in [0.717, 1.165) is 24.8 Å². The van der Waals surface area contributed by atoms with Gasteiger partial charge in [-0.1, -0.05) is 50.3 Å². The largest absolute Gasteiger partial charge is 0.349 e. The van der Waals surface area contributed by atoms with Gasteiger partial charge in [0.25, 0.3) is 0 Å². The Labute approximate surface area is 192 Å². The Morgan fingerprint density at radius 1 is 1.06 bits per heavy atom. The van der Waals surface area contributed by atoms with Gasteiger partial charge in [0, 0.05) is 30.6 Å². The van der Waals surface area contributed by atoms with Crippen LogP contribution < -0.4 is 5.32 Å². The third-order valence-electron chi connectivity index (χ3n) is 9.67. The highest BCUT2D eigenvalue weighted by Gasteiger charge is 2.60. The lowest BCUT2D eigenvalue weighted by Crippen LogP contribution is -2.60. The van der Waals surface area contributed by atoms with E-state index in [2.05, 4.69) is 25.2 Å². The molecule has 4 heteroatoms. The Morgan fingerprint density at radius 2 is 1.84 bits per heavy atom. The quantitative estimate of drug-likeness (QED) is 0.696. The third-order valence-corrected chi connectivity index (χ3v) is 9.67. The van der Waals surface area contributed by atoms with Gasteiger partial charge in [-0.25, -0.2) is 0 Å². The zero-order valence-electron chi connectivity index (χ0n) is 19.6. The molecule has 1 aliphatic heterocycles. The third kappa shape index (κ3) is 3.34. The van der Waals surface area contributed by atoms with E-state index in [1.807, 2.05) is 54.4 Å². The minimum Gasteiger partial charge on any atom is -0.349 e. The number of carbonyl (C=O) groups excluding carboxylic acids is 2. The van der Waals surface area contributed by atoms with Crippen LogP contribution in [0.5, 0.6) is 0 Å². The van der Waals surface area contributed by atoms with E-state index in [1.165, 1.54) is 19.3 Å². The van der Waals surface area contributed by atoms with Gasteiger partial charge in [0.1, 0.15) is 0 Å². The van der Waals surface area contributed by atoms with Gasteiger partial charge in [0.05, 0.1) is 0 Å². The van der Waals surface area contributed by atoms with Crippen molar-refractivity contribution in [3.8, 4) is 0 Å². The summed E-state index contributed by atoms with van der Waals surface area (Å²) in [4.78, 5) is 27.0. The van der Waals surface area contributed by atoms with Crippen LogP contribution in [-0.4, -0.2) is 35.8 Å². The molecule has 3 saturated carbocycles. The van der Waals surface area contributed by atoms with Gasteiger partial charge < -0.3 is 10.2 Å². The number of benzene rings is 1. The van der Waals surface area contributed by atoms with Gasteiger partial charge >= 0.3 is 0 Å². The van der Waals surface area contributed by atoms with E-state index < -0.39 is 0 Å². The smallest absolute Gasteiger partial charge is 0.246 e. The molecule has 0 saturated heterocycles. The molecule has 1 unspecified atom stereocenters. The molecule has 1 N–H and O–H groups in total. The molecule has 0 aromatic heterocycles. The molecule has 1 aromatic carbocycles. The Hall–Kier alpha value is -2.36. The highest BCUT2D eigenvalue weighted by molar-refractivity contribution is 5.92. The van der Waals surface area contributed by atoms with E-state index in [9.17, 15) is 9.59 Å². The second-order valence-corrected chi connectivity index (χ2v) is 11.0. The molecule has 3 aliphatic carbocycles. The first-order chi connectivity index (χ1) is 15.3. The van der Waals surface area contributed by atoms with E-state index >= 15 is 0 Å². The topological polar surface area (TPSA) is 49.4 Å². The number of nitrogens with zero attached hydrogens (tertiary/aromatic N) is 1. The summed E-state index contributed by atoms with van der Waals surface area (Å²) in [5, 5.41) is 3.37. The molecule has 170 valence electrons. The summed E-state index contributed by atoms with van der Waals surface area (Å²) >= 11 is 0. The molecule has 4 nitrogen and oxygen atoms in total. The highest BCUT2D eigenvalue weighted by Crippen LogP contribution is 2.63.